The fraction of sp³-hybridized carbons (Fsp3) is 0.172. The highest BCUT2D eigenvalue weighted by atomic mass is 16.7. The fourth-order valence-electron chi connectivity index (χ4n) is 4.85. The van der Waals surface area contributed by atoms with Crippen molar-refractivity contribution in [2.24, 2.45) is 5.73 Å². The molecule has 4 heterocycles. The minimum atomic E-state index is -1.90. The van der Waals surface area contributed by atoms with Crippen LogP contribution in [-0.4, -0.2) is 45.0 Å². The topological polar surface area (TPSA) is 131 Å². The third kappa shape index (κ3) is 4.46. The average Bonchev–Trinajstić information content (AvgIpc) is 3.59. The number of nitrogens with two attached hydrogens (primary N) is 1. The Labute approximate surface area is 224 Å². The summed E-state index contributed by atoms with van der Waals surface area (Å²) in [6, 6.07) is 19.4. The molecule has 0 bridgehead atoms. The Balaban J connectivity index is 1.35. The number of rotatable bonds is 7. The van der Waals surface area contributed by atoms with Gasteiger partial charge in [0.1, 0.15) is 24.3 Å². The number of carbonyl (C=O) groups excluding carboxylic acids is 2. The molecule has 0 saturated carbocycles. The van der Waals surface area contributed by atoms with Crippen molar-refractivity contribution in [3.8, 4) is 22.8 Å². The third-order valence-corrected chi connectivity index (χ3v) is 6.74. The van der Waals surface area contributed by atoms with Crippen LogP contribution in [0.3, 0.4) is 0 Å². The molecule has 4 aromatic rings. The lowest BCUT2D eigenvalue weighted by atomic mass is 9.97. The van der Waals surface area contributed by atoms with Gasteiger partial charge >= 0.3 is 11.7 Å². The van der Waals surface area contributed by atoms with Gasteiger partial charge in [0, 0.05) is 36.4 Å². The summed E-state index contributed by atoms with van der Waals surface area (Å²) in [6.45, 7) is 0.510. The number of fused-ring (bicyclic) bond motifs is 3. The smallest absolute Gasteiger partial charge is 0.352 e. The van der Waals surface area contributed by atoms with Crippen molar-refractivity contribution in [3.05, 3.63) is 108 Å². The van der Waals surface area contributed by atoms with E-state index in [0.717, 1.165) is 28.1 Å². The van der Waals surface area contributed by atoms with Gasteiger partial charge in [0.2, 0.25) is 0 Å². The number of amides is 2. The van der Waals surface area contributed by atoms with Crippen LogP contribution in [0.4, 0.5) is 0 Å². The predicted octanol–water partition coefficient (Wildman–Crippen LogP) is 2.91. The monoisotopic (exact) mass is 523 g/mol. The molecular weight excluding hydrogens is 498 g/mol. The van der Waals surface area contributed by atoms with Crippen LogP contribution in [-0.2, 0) is 27.1 Å². The highest BCUT2D eigenvalue weighted by Crippen LogP contribution is 2.34. The Bertz CT molecular complexity index is 1560. The second-order valence-corrected chi connectivity index (χ2v) is 9.17. The SMILES string of the molecule is NC(=O)C1(C(Cc2ccccc2)NC(=O)c2cccnc2-n2cc3c(n2)-c2ccccc2OCC3)OC=CO1. The molecule has 3 N–H and O–H groups in total. The second kappa shape index (κ2) is 9.97. The first-order chi connectivity index (χ1) is 19.0. The molecule has 0 fully saturated rings. The summed E-state index contributed by atoms with van der Waals surface area (Å²) < 4.78 is 18.6. The number of aromatic nitrogens is 3. The third-order valence-electron chi connectivity index (χ3n) is 6.74. The maximum atomic E-state index is 13.8. The molecule has 2 aliphatic heterocycles. The highest BCUT2D eigenvalue weighted by Gasteiger charge is 2.51. The zero-order chi connectivity index (χ0) is 26.8. The molecule has 0 saturated heterocycles. The Morgan fingerprint density at radius 2 is 1.79 bits per heavy atom. The van der Waals surface area contributed by atoms with Crippen LogP contribution >= 0.6 is 0 Å². The maximum absolute atomic E-state index is 13.8. The van der Waals surface area contributed by atoms with E-state index in [9.17, 15) is 9.59 Å². The largest absolute Gasteiger partial charge is 0.493 e. The lowest BCUT2D eigenvalue weighted by Crippen LogP contribution is -2.61. The van der Waals surface area contributed by atoms with Crippen LogP contribution in [0.2, 0.25) is 0 Å². The zero-order valence-corrected chi connectivity index (χ0v) is 20.8. The van der Waals surface area contributed by atoms with Crippen LogP contribution in [0.25, 0.3) is 17.1 Å². The quantitative estimate of drug-likeness (QED) is 0.381. The molecule has 2 amide bonds. The first kappa shape index (κ1) is 24.2. The average molecular weight is 524 g/mol. The summed E-state index contributed by atoms with van der Waals surface area (Å²) in [5.74, 6) is -2.17. The number of pyridine rings is 1. The maximum Gasteiger partial charge on any atom is 0.352 e. The molecule has 2 aromatic carbocycles. The number of nitrogens with one attached hydrogen (secondary N) is 1. The van der Waals surface area contributed by atoms with Gasteiger partial charge < -0.3 is 25.3 Å². The molecule has 0 radical (unpaired) electrons. The van der Waals surface area contributed by atoms with Gasteiger partial charge in [-0.15, -0.1) is 0 Å². The first-order valence-electron chi connectivity index (χ1n) is 12.5. The minimum absolute atomic E-state index is 0.222. The number of nitrogens with zero attached hydrogens (tertiary/aromatic N) is 3. The van der Waals surface area contributed by atoms with E-state index in [1.165, 1.54) is 12.5 Å². The summed E-state index contributed by atoms with van der Waals surface area (Å²) in [4.78, 5) is 30.8. The molecule has 10 heteroatoms. The predicted molar refractivity (Wildman–Crippen MR) is 141 cm³/mol. The van der Waals surface area contributed by atoms with Crippen LogP contribution in [0.1, 0.15) is 21.5 Å². The summed E-state index contributed by atoms with van der Waals surface area (Å²) >= 11 is 0. The molecule has 2 aromatic heterocycles. The van der Waals surface area contributed by atoms with Crippen LogP contribution in [0.5, 0.6) is 5.75 Å². The number of hydrogen-bond donors (Lipinski definition) is 2. The van der Waals surface area contributed by atoms with Crippen molar-refractivity contribution in [2.45, 2.75) is 24.7 Å². The van der Waals surface area contributed by atoms with E-state index < -0.39 is 23.6 Å². The molecule has 0 aliphatic carbocycles. The summed E-state index contributed by atoms with van der Waals surface area (Å²) in [5, 5.41) is 7.70. The number of para-hydroxylation sites is 1. The molecule has 10 nitrogen and oxygen atoms in total. The van der Waals surface area contributed by atoms with Crippen LogP contribution < -0.4 is 15.8 Å². The normalized spacial score (nSPS) is 15.5. The lowest BCUT2D eigenvalue weighted by molar-refractivity contribution is -0.182. The Morgan fingerprint density at radius 3 is 2.59 bits per heavy atom. The number of carbonyl (C=O) groups is 2. The summed E-state index contributed by atoms with van der Waals surface area (Å²) in [7, 11) is 0. The van der Waals surface area contributed by atoms with E-state index in [0.29, 0.717) is 18.8 Å². The van der Waals surface area contributed by atoms with Gasteiger partial charge in [0.05, 0.1) is 17.9 Å². The van der Waals surface area contributed by atoms with Crippen LogP contribution in [0.15, 0.2) is 91.6 Å². The Kier molecular flexibility index (Phi) is 6.20. The minimum Gasteiger partial charge on any atom is -0.493 e. The van der Waals surface area contributed by atoms with Gasteiger partial charge in [0.25, 0.3) is 5.91 Å². The molecule has 1 unspecified atom stereocenters. The molecule has 196 valence electrons. The standard InChI is InChI=1S/C29H25N5O5/c30-28(36)29(38-15-16-39-29)24(17-19-7-2-1-3-8-19)32-27(35)22-10-6-13-31-26(22)34-18-20-12-14-37-23-11-5-4-9-21(23)25(20)33-34/h1-11,13,15-16,18,24H,12,14,17H2,(H2,30,36)(H,32,35). The van der Waals surface area contributed by atoms with Crippen molar-refractivity contribution in [1.29, 1.82) is 0 Å². The van der Waals surface area contributed by atoms with Gasteiger partial charge in [0.15, 0.2) is 5.82 Å². The van der Waals surface area contributed by atoms with Crippen molar-refractivity contribution in [3.63, 3.8) is 0 Å². The summed E-state index contributed by atoms with van der Waals surface area (Å²) in [6.07, 6.45) is 6.81. The number of hydrogen-bond acceptors (Lipinski definition) is 7. The molecule has 2 aliphatic rings. The number of primary amides is 1. The second-order valence-electron chi connectivity index (χ2n) is 9.17. The van der Waals surface area contributed by atoms with Gasteiger partial charge in [-0.05, 0) is 29.8 Å². The van der Waals surface area contributed by atoms with Crippen LogP contribution in [0, 0.1) is 0 Å². The van der Waals surface area contributed by atoms with Crippen molar-refractivity contribution in [1.82, 2.24) is 20.1 Å². The van der Waals surface area contributed by atoms with E-state index >= 15 is 0 Å². The van der Waals surface area contributed by atoms with E-state index in [-0.39, 0.29) is 12.0 Å². The fourth-order valence-corrected chi connectivity index (χ4v) is 4.85. The molecule has 0 spiro atoms. The molecule has 6 rings (SSSR count). The number of ether oxygens (including phenoxy) is 3. The van der Waals surface area contributed by atoms with E-state index in [1.54, 1.807) is 23.0 Å². The van der Waals surface area contributed by atoms with Crippen molar-refractivity contribution in [2.75, 3.05) is 6.61 Å². The van der Waals surface area contributed by atoms with E-state index in [2.05, 4.69) is 10.3 Å². The van der Waals surface area contributed by atoms with E-state index in [4.69, 9.17) is 25.0 Å². The van der Waals surface area contributed by atoms with Gasteiger partial charge in [-0.2, -0.15) is 5.10 Å². The molecule has 39 heavy (non-hydrogen) atoms. The van der Waals surface area contributed by atoms with Gasteiger partial charge in [-0.25, -0.2) is 9.67 Å². The Hall–Kier alpha value is -5.12. The number of benzene rings is 2. The van der Waals surface area contributed by atoms with Gasteiger partial charge in [-0.3, -0.25) is 9.59 Å². The van der Waals surface area contributed by atoms with Crippen molar-refractivity contribution >= 4 is 11.8 Å². The molecular formula is C29H25N5O5. The highest BCUT2D eigenvalue weighted by molar-refractivity contribution is 5.98. The van der Waals surface area contributed by atoms with E-state index in [1.807, 2.05) is 60.8 Å². The van der Waals surface area contributed by atoms with Gasteiger partial charge in [-0.1, -0.05) is 42.5 Å². The first-order valence-corrected chi connectivity index (χ1v) is 12.5. The Morgan fingerprint density at radius 1 is 1.03 bits per heavy atom. The van der Waals surface area contributed by atoms with Crippen molar-refractivity contribution < 1.29 is 23.8 Å². The zero-order valence-electron chi connectivity index (χ0n) is 20.8. The lowest BCUT2D eigenvalue weighted by Gasteiger charge is -2.33. The summed E-state index contributed by atoms with van der Waals surface area (Å²) in [5.41, 5.74) is 9.44. The molecule has 1 atom stereocenters.